The van der Waals surface area contributed by atoms with Crippen LogP contribution >= 0.6 is 0 Å². The molecule has 9 nitrogen and oxygen atoms in total. The van der Waals surface area contributed by atoms with E-state index < -0.39 is 20.8 Å². The van der Waals surface area contributed by atoms with Crippen molar-refractivity contribution in [1.29, 1.82) is 0 Å². The predicted octanol–water partition coefficient (Wildman–Crippen LogP) is -1.15. The minimum absolute atomic E-state index is 0. The molecule has 0 amide bonds. The van der Waals surface area contributed by atoms with Crippen molar-refractivity contribution in [2.24, 2.45) is 0 Å². The van der Waals surface area contributed by atoms with Crippen LogP contribution in [0.3, 0.4) is 0 Å². The average molecular weight is 279 g/mol. The smallest absolute Gasteiger partial charge is 0.344 e. The Balaban J connectivity index is -0.0000000457. The van der Waals surface area contributed by atoms with Gasteiger partial charge in [0.2, 0.25) is 0 Å². The molecule has 0 rings (SSSR count). The van der Waals surface area contributed by atoms with E-state index in [4.69, 9.17) is 35.0 Å². The molecule has 0 saturated heterocycles. The summed E-state index contributed by atoms with van der Waals surface area (Å²) in [5.41, 5.74) is 0. The van der Waals surface area contributed by atoms with E-state index in [9.17, 15) is 0 Å². The normalized spacial score (nSPS) is 9.67. The van der Waals surface area contributed by atoms with Gasteiger partial charge in [0.25, 0.3) is 0 Å². The Morgan fingerprint density at radius 3 is 0.667 bits per heavy atom. The van der Waals surface area contributed by atoms with Gasteiger partial charge in [-0.2, -0.15) is 16.8 Å². The summed E-state index contributed by atoms with van der Waals surface area (Å²) in [6.07, 6.45) is 0. The van der Waals surface area contributed by atoms with Crippen LogP contribution in [0.2, 0.25) is 0 Å². The molecule has 0 heterocycles. The fourth-order valence-corrected chi connectivity index (χ4v) is 0. The van der Waals surface area contributed by atoms with E-state index >= 15 is 0 Å². The van der Waals surface area contributed by atoms with Crippen LogP contribution in [0.1, 0.15) is 0 Å². The van der Waals surface area contributed by atoms with Crippen LogP contribution in [0.25, 0.3) is 0 Å². The summed E-state index contributed by atoms with van der Waals surface area (Å²) in [5, 5.41) is 0. The second-order valence-corrected chi connectivity index (χ2v) is 2.69. The maximum absolute atomic E-state index is 8.74. The van der Waals surface area contributed by atoms with E-state index in [1.165, 1.54) is 0 Å². The fourth-order valence-electron chi connectivity index (χ4n) is 0. The first kappa shape index (κ1) is 22.8. The second-order valence-electron chi connectivity index (χ2n) is 0.896. The molecule has 0 aliphatic rings. The Hall–Kier alpha value is 0.323. The molecule has 12 heteroatoms. The van der Waals surface area contributed by atoms with Gasteiger partial charge in [0.15, 0.2) is 0 Å². The van der Waals surface area contributed by atoms with Crippen molar-refractivity contribution in [3.8, 4) is 0 Å². The van der Waals surface area contributed by atoms with Crippen LogP contribution < -0.4 is 6.15 Å². The van der Waals surface area contributed by atoms with Crippen molar-refractivity contribution in [1.82, 2.24) is 6.15 Å². The van der Waals surface area contributed by atoms with Gasteiger partial charge in [-0.3, -0.25) is 18.2 Å². The zero-order valence-corrected chi connectivity index (χ0v) is 10.3. The molecule has 0 fully saturated rings. The Bertz CT molecular complexity index is 213. The SMILES string of the molecule is N.O=S(=O)(O)O.O=S(=O)(O)O.[Zn]. The molecule has 0 aromatic carbocycles. The first-order valence-corrected chi connectivity index (χ1v) is 4.19. The summed E-state index contributed by atoms with van der Waals surface area (Å²) < 4.78 is 63.2. The standard InChI is InChI=1S/H3N.2H2O4S.Zn/c;2*1-5(2,3)4;/h1H3;2*(H2,1,2,3,4);. The molecule has 12 heavy (non-hydrogen) atoms. The quantitative estimate of drug-likeness (QED) is 0.269. The maximum atomic E-state index is 8.74. The predicted molar refractivity (Wildman–Crippen MR) is 33.4 cm³/mol. The monoisotopic (exact) mass is 277 g/mol. The van der Waals surface area contributed by atoms with Crippen molar-refractivity contribution < 1.29 is 54.5 Å². The summed E-state index contributed by atoms with van der Waals surface area (Å²) in [4.78, 5) is 0. The molecule has 0 aromatic heterocycles. The zero-order chi connectivity index (χ0) is 9.00. The van der Waals surface area contributed by atoms with E-state index in [0.717, 1.165) is 0 Å². The first-order chi connectivity index (χ1) is 4.00. The molecule has 0 radical (unpaired) electrons. The molecule has 0 spiro atoms. The molecule has 0 atom stereocenters. The van der Waals surface area contributed by atoms with Gasteiger partial charge < -0.3 is 6.15 Å². The molecular formula is H7NO8S2Zn. The first-order valence-electron chi connectivity index (χ1n) is 1.40. The zero-order valence-electron chi connectivity index (χ0n) is 5.65. The second kappa shape index (κ2) is 7.95. The minimum Gasteiger partial charge on any atom is -0.344 e. The average Bonchev–Trinajstić information content (AvgIpc) is 1.12. The molecule has 0 aliphatic carbocycles. The topological polar surface area (TPSA) is 184 Å². The van der Waals surface area contributed by atoms with E-state index in [-0.39, 0.29) is 25.6 Å². The molecular weight excluding hydrogens is 272 g/mol. The Morgan fingerprint density at radius 2 is 0.667 bits per heavy atom. The Labute approximate surface area is 81.7 Å². The maximum Gasteiger partial charge on any atom is 0.394 e. The van der Waals surface area contributed by atoms with Gasteiger partial charge in [-0.25, -0.2) is 0 Å². The van der Waals surface area contributed by atoms with Gasteiger partial charge in [-0.15, -0.1) is 0 Å². The summed E-state index contributed by atoms with van der Waals surface area (Å²) in [5.74, 6) is 0. The van der Waals surface area contributed by atoms with Gasteiger partial charge in [-0.05, 0) is 0 Å². The van der Waals surface area contributed by atoms with Crippen LogP contribution in [0.15, 0.2) is 0 Å². The molecule has 0 saturated carbocycles. The third kappa shape index (κ3) is 8580. The number of hydrogen-bond acceptors (Lipinski definition) is 5. The number of rotatable bonds is 0. The van der Waals surface area contributed by atoms with E-state index in [1.807, 2.05) is 0 Å². The molecule has 0 aromatic rings. The number of hydrogen-bond donors (Lipinski definition) is 5. The fraction of sp³-hybridized carbons (Fsp3) is 0. The van der Waals surface area contributed by atoms with E-state index in [0.29, 0.717) is 0 Å². The van der Waals surface area contributed by atoms with Gasteiger partial charge in [0.05, 0.1) is 0 Å². The van der Waals surface area contributed by atoms with E-state index in [2.05, 4.69) is 0 Å². The van der Waals surface area contributed by atoms with Crippen LogP contribution in [0, 0.1) is 0 Å². The minimum atomic E-state index is -4.67. The molecule has 0 bridgehead atoms. The van der Waals surface area contributed by atoms with Crippen molar-refractivity contribution >= 4 is 20.8 Å². The van der Waals surface area contributed by atoms with Gasteiger partial charge in [0.1, 0.15) is 0 Å². The molecule has 74 valence electrons. The van der Waals surface area contributed by atoms with Gasteiger partial charge in [-0.1, -0.05) is 0 Å². The van der Waals surface area contributed by atoms with Crippen molar-refractivity contribution in [3.63, 3.8) is 0 Å². The van der Waals surface area contributed by atoms with Gasteiger partial charge in [0, 0.05) is 19.5 Å². The van der Waals surface area contributed by atoms with Crippen LogP contribution in [0.4, 0.5) is 0 Å². The largest absolute Gasteiger partial charge is 0.394 e. The molecule has 7 N–H and O–H groups in total. The Morgan fingerprint density at radius 1 is 0.667 bits per heavy atom. The molecule has 0 aliphatic heterocycles. The summed E-state index contributed by atoms with van der Waals surface area (Å²) >= 11 is 0. The van der Waals surface area contributed by atoms with Crippen LogP contribution in [0.5, 0.6) is 0 Å². The summed E-state index contributed by atoms with van der Waals surface area (Å²) in [6.45, 7) is 0. The van der Waals surface area contributed by atoms with E-state index in [1.54, 1.807) is 0 Å². The summed E-state index contributed by atoms with van der Waals surface area (Å²) in [6, 6.07) is 0. The third-order valence-corrected chi connectivity index (χ3v) is 0. The van der Waals surface area contributed by atoms with Crippen molar-refractivity contribution in [2.75, 3.05) is 0 Å². The van der Waals surface area contributed by atoms with Crippen LogP contribution in [-0.4, -0.2) is 35.0 Å². The Kier molecular flexibility index (Phi) is 15.1. The molecule has 0 unspecified atom stereocenters. The summed E-state index contributed by atoms with van der Waals surface area (Å²) in [7, 11) is -9.33. The van der Waals surface area contributed by atoms with Crippen molar-refractivity contribution in [2.45, 2.75) is 0 Å². The van der Waals surface area contributed by atoms with Gasteiger partial charge >= 0.3 is 20.8 Å². The van der Waals surface area contributed by atoms with Crippen LogP contribution in [-0.2, 0) is 40.3 Å². The van der Waals surface area contributed by atoms with Crippen molar-refractivity contribution in [3.05, 3.63) is 0 Å². The third-order valence-electron chi connectivity index (χ3n) is 0.